The minimum atomic E-state index is -3.84. The number of benzene rings is 1. The van der Waals surface area contributed by atoms with Gasteiger partial charge in [-0.25, -0.2) is 13.1 Å². The molecule has 0 fully saturated rings. The maximum atomic E-state index is 12.1. The molecule has 1 atom stereocenters. The molecule has 0 saturated carbocycles. The molecular formula is C13H20N2O5S. The van der Waals surface area contributed by atoms with Crippen molar-refractivity contribution in [1.29, 1.82) is 0 Å². The fraction of sp³-hybridized carbons (Fsp3) is 0.462. The van der Waals surface area contributed by atoms with Gasteiger partial charge in [0, 0.05) is 6.54 Å². The summed E-state index contributed by atoms with van der Waals surface area (Å²) in [6.45, 7) is 3.44. The zero-order chi connectivity index (χ0) is 16.2. The number of methoxy groups -OCH3 is 1. The normalized spacial score (nSPS) is 13.2. The van der Waals surface area contributed by atoms with Gasteiger partial charge in [0.1, 0.15) is 5.75 Å². The second kappa shape index (κ2) is 6.88. The Labute approximate surface area is 124 Å². The summed E-state index contributed by atoms with van der Waals surface area (Å²) >= 11 is 0. The molecule has 8 heteroatoms. The number of sulfonamides is 1. The molecule has 1 aromatic carbocycles. The van der Waals surface area contributed by atoms with Gasteiger partial charge in [0.15, 0.2) is 0 Å². The Balaban J connectivity index is 3.04. The summed E-state index contributed by atoms with van der Waals surface area (Å²) in [5, 5.41) is 9.64. The van der Waals surface area contributed by atoms with Crippen LogP contribution >= 0.6 is 0 Å². The van der Waals surface area contributed by atoms with E-state index in [1.807, 2.05) is 0 Å². The fourth-order valence-corrected chi connectivity index (χ4v) is 2.64. The molecule has 1 aromatic rings. The maximum Gasteiger partial charge on any atom is 0.252 e. The van der Waals surface area contributed by atoms with Crippen LogP contribution in [0.15, 0.2) is 23.1 Å². The first kappa shape index (κ1) is 17.4. The summed E-state index contributed by atoms with van der Waals surface area (Å²) in [6, 6.07) is 3.80. The number of nitrogens with one attached hydrogen (secondary N) is 1. The molecule has 4 N–H and O–H groups in total. The molecule has 0 bridgehead atoms. The molecular weight excluding hydrogens is 296 g/mol. The van der Waals surface area contributed by atoms with Crippen molar-refractivity contribution >= 4 is 15.9 Å². The second-order valence-electron chi connectivity index (χ2n) is 4.89. The average molecular weight is 316 g/mol. The van der Waals surface area contributed by atoms with Crippen molar-refractivity contribution in [1.82, 2.24) is 4.72 Å². The number of primary amides is 1. The van der Waals surface area contributed by atoms with E-state index in [1.54, 1.807) is 13.8 Å². The van der Waals surface area contributed by atoms with Crippen molar-refractivity contribution in [3.05, 3.63) is 23.8 Å². The first-order valence-electron chi connectivity index (χ1n) is 6.34. The molecule has 0 aliphatic carbocycles. The molecule has 0 heterocycles. The summed E-state index contributed by atoms with van der Waals surface area (Å²) in [5.74, 6) is -0.667. The van der Waals surface area contributed by atoms with Crippen molar-refractivity contribution in [2.24, 2.45) is 11.7 Å². The first-order valence-corrected chi connectivity index (χ1v) is 7.83. The van der Waals surface area contributed by atoms with E-state index in [0.717, 1.165) is 6.07 Å². The molecule has 0 aliphatic heterocycles. The Morgan fingerprint density at radius 3 is 2.52 bits per heavy atom. The van der Waals surface area contributed by atoms with Gasteiger partial charge < -0.3 is 15.6 Å². The van der Waals surface area contributed by atoms with Crippen molar-refractivity contribution in [3.8, 4) is 5.75 Å². The van der Waals surface area contributed by atoms with Crippen LogP contribution in [0.5, 0.6) is 5.75 Å². The van der Waals surface area contributed by atoms with Gasteiger partial charge >= 0.3 is 0 Å². The van der Waals surface area contributed by atoms with Gasteiger partial charge in [0.25, 0.3) is 5.91 Å². The van der Waals surface area contributed by atoms with Crippen LogP contribution in [0.4, 0.5) is 0 Å². The Kier molecular flexibility index (Phi) is 5.70. The van der Waals surface area contributed by atoms with Gasteiger partial charge in [-0.3, -0.25) is 4.79 Å². The fourth-order valence-electron chi connectivity index (χ4n) is 1.56. The van der Waals surface area contributed by atoms with Crippen LogP contribution in [0.25, 0.3) is 0 Å². The van der Waals surface area contributed by atoms with Crippen molar-refractivity contribution < 1.29 is 23.1 Å². The van der Waals surface area contributed by atoms with Gasteiger partial charge in [0.05, 0.1) is 23.7 Å². The number of aliphatic hydroxyl groups excluding tert-OH is 1. The quantitative estimate of drug-likeness (QED) is 0.658. The van der Waals surface area contributed by atoms with Crippen LogP contribution in [0.2, 0.25) is 0 Å². The highest BCUT2D eigenvalue weighted by molar-refractivity contribution is 7.89. The summed E-state index contributed by atoms with van der Waals surface area (Å²) in [6.07, 6.45) is -0.798. The number of carbonyl (C=O) groups excluding carboxylic acids is 1. The largest absolute Gasteiger partial charge is 0.496 e. The molecule has 21 heavy (non-hydrogen) atoms. The highest BCUT2D eigenvalue weighted by atomic mass is 32.2. The molecule has 1 unspecified atom stereocenters. The summed E-state index contributed by atoms with van der Waals surface area (Å²) in [7, 11) is -2.49. The van der Waals surface area contributed by atoms with Gasteiger partial charge in [0.2, 0.25) is 10.0 Å². The second-order valence-corrected chi connectivity index (χ2v) is 6.66. The monoisotopic (exact) mass is 316 g/mol. The molecule has 118 valence electrons. The van der Waals surface area contributed by atoms with Crippen LogP contribution in [0.3, 0.4) is 0 Å². The lowest BCUT2D eigenvalue weighted by Gasteiger charge is -2.15. The van der Waals surface area contributed by atoms with Gasteiger partial charge in [-0.15, -0.1) is 0 Å². The van der Waals surface area contributed by atoms with Crippen LogP contribution < -0.4 is 15.2 Å². The Morgan fingerprint density at radius 1 is 1.43 bits per heavy atom. The molecule has 0 aromatic heterocycles. The third-order valence-electron chi connectivity index (χ3n) is 3.00. The topological polar surface area (TPSA) is 119 Å². The summed E-state index contributed by atoms with van der Waals surface area (Å²) in [4.78, 5) is 11.2. The van der Waals surface area contributed by atoms with Gasteiger partial charge in [-0.1, -0.05) is 13.8 Å². The molecule has 1 rings (SSSR count). The van der Waals surface area contributed by atoms with E-state index in [0.29, 0.717) is 0 Å². The van der Waals surface area contributed by atoms with Crippen molar-refractivity contribution in [2.45, 2.75) is 24.8 Å². The lowest BCUT2D eigenvalue weighted by Crippen LogP contribution is -2.34. The minimum absolute atomic E-state index is 0.0233. The Hall–Kier alpha value is -1.64. The van der Waals surface area contributed by atoms with Gasteiger partial charge in [-0.2, -0.15) is 0 Å². The third kappa shape index (κ3) is 4.42. The lowest BCUT2D eigenvalue weighted by atomic mass is 10.1. The minimum Gasteiger partial charge on any atom is -0.496 e. The molecule has 0 saturated heterocycles. The highest BCUT2D eigenvalue weighted by Gasteiger charge is 2.20. The summed E-state index contributed by atoms with van der Waals surface area (Å²) in [5.41, 5.74) is 5.17. The SMILES string of the molecule is COc1ccc(S(=O)(=O)NCC(O)C(C)C)cc1C(N)=O. The van der Waals surface area contributed by atoms with Gasteiger partial charge in [-0.05, 0) is 24.1 Å². The third-order valence-corrected chi connectivity index (χ3v) is 4.42. The number of rotatable bonds is 7. The zero-order valence-corrected chi connectivity index (χ0v) is 13.0. The lowest BCUT2D eigenvalue weighted by molar-refractivity contribution is 0.0997. The van der Waals surface area contributed by atoms with E-state index in [4.69, 9.17) is 10.5 Å². The number of amides is 1. The zero-order valence-electron chi connectivity index (χ0n) is 12.2. The van der Waals surface area contributed by atoms with Crippen molar-refractivity contribution in [3.63, 3.8) is 0 Å². The number of carbonyl (C=O) groups is 1. The Morgan fingerprint density at radius 2 is 2.05 bits per heavy atom. The number of ether oxygens (including phenoxy) is 1. The predicted molar refractivity (Wildman–Crippen MR) is 77.5 cm³/mol. The molecule has 7 nitrogen and oxygen atoms in total. The molecule has 1 amide bonds. The highest BCUT2D eigenvalue weighted by Crippen LogP contribution is 2.22. The van der Waals surface area contributed by atoms with Crippen LogP contribution in [0.1, 0.15) is 24.2 Å². The van der Waals surface area contributed by atoms with Crippen LogP contribution in [-0.2, 0) is 10.0 Å². The standard InChI is InChI=1S/C13H20N2O5S/c1-8(2)11(16)7-15-21(18,19)9-4-5-12(20-3)10(6-9)13(14)17/h4-6,8,11,15-16H,7H2,1-3H3,(H2,14,17). The first-order chi connectivity index (χ1) is 9.69. The van der Waals surface area contributed by atoms with E-state index in [2.05, 4.69) is 4.72 Å². The summed E-state index contributed by atoms with van der Waals surface area (Å²) < 4.78 is 31.5. The van der Waals surface area contributed by atoms with E-state index in [1.165, 1.54) is 19.2 Å². The maximum absolute atomic E-state index is 12.1. The van der Waals surface area contributed by atoms with E-state index in [9.17, 15) is 18.3 Å². The number of hydrogen-bond acceptors (Lipinski definition) is 5. The molecule has 0 radical (unpaired) electrons. The van der Waals surface area contributed by atoms with E-state index < -0.39 is 22.0 Å². The molecule has 0 spiro atoms. The average Bonchev–Trinajstić information content (AvgIpc) is 2.43. The molecule has 0 aliphatic rings. The van der Waals surface area contributed by atoms with Crippen LogP contribution in [0, 0.1) is 5.92 Å². The number of hydrogen-bond donors (Lipinski definition) is 3. The van der Waals surface area contributed by atoms with Crippen molar-refractivity contribution in [2.75, 3.05) is 13.7 Å². The predicted octanol–water partition coefficient (Wildman–Crippen LogP) is 0.0893. The van der Waals surface area contributed by atoms with E-state index in [-0.39, 0.29) is 28.7 Å². The number of aliphatic hydroxyl groups is 1. The van der Waals surface area contributed by atoms with Crippen LogP contribution in [-0.4, -0.2) is 39.2 Å². The smallest absolute Gasteiger partial charge is 0.252 e. The Bertz CT molecular complexity index is 613. The number of nitrogens with two attached hydrogens (primary N) is 1. The van der Waals surface area contributed by atoms with E-state index >= 15 is 0 Å².